The van der Waals surface area contributed by atoms with Crippen molar-refractivity contribution in [3.05, 3.63) is 0 Å². The molecule has 0 aromatic carbocycles. The highest BCUT2D eigenvalue weighted by Gasteiger charge is 2.36. The van der Waals surface area contributed by atoms with Crippen molar-refractivity contribution in [3.8, 4) is 0 Å². The van der Waals surface area contributed by atoms with Crippen LogP contribution in [0.3, 0.4) is 0 Å². The summed E-state index contributed by atoms with van der Waals surface area (Å²) in [6, 6.07) is 0.714. The first-order chi connectivity index (χ1) is 9.17. The molecule has 2 aliphatic heterocycles. The molecule has 0 aromatic heterocycles. The van der Waals surface area contributed by atoms with E-state index in [9.17, 15) is 8.42 Å². The molecule has 20 heavy (non-hydrogen) atoms. The van der Waals surface area contributed by atoms with E-state index in [1.807, 2.05) is 20.8 Å². The summed E-state index contributed by atoms with van der Waals surface area (Å²) < 4.78 is 26.5. The Morgan fingerprint density at radius 3 is 2.25 bits per heavy atom. The van der Waals surface area contributed by atoms with Crippen LogP contribution in [-0.2, 0) is 10.0 Å². The molecular formula is C14H29N3O2S. The fourth-order valence-electron chi connectivity index (χ4n) is 3.18. The summed E-state index contributed by atoms with van der Waals surface area (Å²) in [4.78, 5) is 2.43. The Morgan fingerprint density at radius 2 is 1.70 bits per heavy atom. The van der Waals surface area contributed by atoms with Gasteiger partial charge in [0, 0.05) is 25.2 Å². The molecule has 0 saturated carbocycles. The molecule has 0 bridgehead atoms. The Labute approximate surface area is 123 Å². The van der Waals surface area contributed by atoms with Crippen molar-refractivity contribution in [1.82, 2.24) is 9.21 Å². The normalized spacial score (nSPS) is 28.1. The number of piperidine rings is 1. The second-order valence-electron chi connectivity index (χ2n) is 7.49. The molecule has 1 unspecified atom stereocenters. The maximum atomic E-state index is 12.4. The van der Waals surface area contributed by atoms with Crippen molar-refractivity contribution in [2.75, 3.05) is 31.9 Å². The number of likely N-dealkylation sites (tertiary alicyclic amines) is 1. The van der Waals surface area contributed by atoms with Gasteiger partial charge in [-0.1, -0.05) is 20.8 Å². The molecule has 0 aliphatic carbocycles. The van der Waals surface area contributed by atoms with Gasteiger partial charge in [-0.25, -0.2) is 12.7 Å². The quantitative estimate of drug-likeness (QED) is 0.840. The van der Waals surface area contributed by atoms with Gasteiger partial charge >= 0.3 is 0 Å². The minimum absolute atomic E-state index is 0.186. The predicted molar refractivity (Wildman–Crippen MR) is 82.0 cm³/mol. The summed E-state index contributed by atoms with van der Waals surface area (Å²) in [6.45, 7) is 9.29. The Kier molecular flexibility index (Phi) is 4.79. The molecule has 0 spiro atoms. The van der Waals surface area contributed by atoms with Crippen molar-refractivity contribution in [1.29, 1.82) is 0 Å². The predicted octanol–water partition coefficient (Wildman–Crippen LogP) is 0.860. The van der Waals surface area contributed by atoms with E-state index in [0.29, 0.717) is 25.2 Å². The zero-order valence-corrected chi connectivity index (χ0v) is 13.8. The second-order valence-corrected chi connectivity index (χ2v) is 9.46. The molecule has 2 aliphatic rings. The molecule has 0 radical (unpaired) electrons. The summed E-state index contributed by atoms with van der Waals surface area (Å²) in [5, 5.41) is 0. The van der Waals surface area contributed by atoms with Crippen molar-refractivity contribution < 1.29 is 8.42 Å². The molecule has 118 valence electrons. The smallest absolute Gasteiger partial charge is 0.214 e. The molecule has 2 heterocycles. The van der Waals surface area contributed by atoms with E-state index in [4.69, 9.17) is 5.73 Å². The highest BCUT2D eigenvalue weighted by molar-refractivity contribution is 7.89. The molecule has 0 amide bonds. The molecular weight excluding hydrogens is 274 g/mol. The SMILES string of the molecule is CC(C)(C)CS(=O)(=O)N1CCC(N2CCC(N)CC2)C1. The minimum atomic E-state index is -3.12. The fourth-order valence-corrected chi connectivity index (χ4v) is 5.24. The second kappa shape index (κ2) is 5.91. The Balaban J connectivity index is 1.92. The van der Waals surface area contributed by atoms with Crippen molar-refractivity contribution in [2.45, 2.75) is 52.1 Å². The van der Waals surface area contributed by atoms with Gasteiger partial charge in [0.15, 0.2) is 0 Å². The van der Waals surface area contributed by atoms with Gasteiger partial charge in [0.2, 0.25) is 10.0 Å². The Morgan fingerprint density at radius 1 is 1.10 bits per heavy atom. The lowest BCUT2D eigenvalue weighted by atomic mass is 10.0. The van der Waals surface area contributed by atoms with Gasteiger partial charge in [0.25, 0.3) is 0 Å². The summed E-state index contributed by atoms with van der Waals surface area (Å²) in [5.74, 6) is 0.234. The minimum Gasteiger partial charge on any atom is -0.328 e. The van der Waals surface area contributed by atoms with Gasteiger partial charge in [-0.2, -0.15) is 0 Å². The highest BCUT2D eigenvalue weighted by atomic mass is 32.2. The number of rotatable bonds is 3. The maximum absolute atomic E-state index is 12.4. The lowest BCUT2D eigenvalue weighted by Gasteiger charge is -2.34. The zero-order chi connectivity index (χ0) is 15.0. The fraction of sp³-hybridized carbons (Fsp3) is 1.00. The average molecular weight is 303 g/mol. The van der Waals surface area contributed by atoms with Crippen LogP contribution in [0.5, 0.6) is 0 Å². The first-order valence-electron chi connectivity index (χ1n) is 7.65. The highest BCUT2D eigenvalue weighted by Crippen LogP contribution is 2.25. The van der Waals surface area contributed by atoms with Crippen LogP contribution in [0.2, 0.25) is 0 Å². The number of sulfonamides is 1. The van der Waals surface area contributed by atoms with E-state index >= 15 is 0 Å². The van der Waals surface area contributed by atoms with Crippen LogP contribution in [-0.4, -0.2) is 61.6 Å². The van der Waals surface area contributed by atoms with Gasteiger partial charge in [-0.3, -0.25) is 4.90 Å². The molecule has 0 aromatic rings. The van der Waals surface area contributed by atoms with Gasteiger partial charge in [-0.15, -0.1) is 0 Å². The third-order valence-corrected chi connectivity index (χ3v) is 6.57. The monoisotopic (exact) mass is 303 g/mol. The van der Waals surface area contributed by atoms with E-state index < -0.39 is 10.0 Å². The van der Waals surface area contributed by atoms with Crippen molar-refractivity contribution >= 4 is 10.0 Å². The molecule has 6 heteroatoms. The third kappa shape index (κ3) is 4.16. The molecule has 1 atom stereocenters. The van der Waals surface area contributed by atoms with E-state index in [1.54, 1.807) is 4.31 Å². The standard InChI is InChI=1S/C14H29N3O2S/c1-14(2,3)11-20(18,19)17-9-6-13(10-17)16-7-4-12(15)5-8-16/h12-13H,4-11,15H2,1-3H3. The van der Waals surface area contributed by atoms with Crippen LogP contribution >= 0.6 is 0 Å². The molecule has 2 N–H and O–H groups in total. The lowest BCUT2D eigenvalue weighted by molar-refractivity contribution is 0.159. The first kappa shape index (κ1) is 16.2. The largest absolute Gasteiger partial charge is 0.328 e. The number of hydrogen-bond acceptors (Lipinski definition) is 4. The van der Waals surface area contributed by atoms with Crippen molar-refractivity contribution in [2.24, 2.45) is 11.1 Å². The van der Waals surface area contributed by atoms with Gasteiger partial charge < -0.3 is 5.73 Å². The topological polar surface area (TPSA) is 66.6 Å². The van der Waals surface area contributed by atoms with E-state index in [1.165, 1.54) is 0 Å². The third-order valence-electron chi connectivity index (χ3n) is 4.23. The van der Waals surface area contributed by atoms with Gasteiger partial charge in [0.1, 0.15) is 0 Å². The maximum Gasteiger partial charge on any atom is 0.214 e. The molecule has 2 saturated heterocycles. The Hall–Kier alpha value is -0.170. The zero-order valence-electron chi connectivity index (χ0n) is 13.0. The molecule has 5 nitrogen and oxygen atoms in total. The van der Waals surface area contributed by atoms with Crippen LogP contribution in [0.4, 0.5) is 0 Å². The van der Waals surface area contributed by atoms with E-state index in [2.05, 4.69) is 4.90 Å². The van der Waals surface area contributed by atoms with Crippen LogP contribution in [0.1, 0.15) is 40.0 Å². The van der Waals surface area contributed by atoms with Crippen LogP contribution in [0.25, 0.3) is 0 Å². The number of hydrogen-bond donors (Lipinski definition) is 1. The van der Waals surface area contributed by atoms with Gasteiger partial charge in [0.05, 0.1) is 5.75 Å². The van der Waals surface area contributed by atoms with E-state index in [-0.39, 0.29) is 11.2 Å². The Bertz CT molecular complexity index is 422. The number of nitrogens with zero attached hydrogens (tertiary/aromatic N) is 2. The summed E-state index contributed by atoms with van der Waals surface area (Å²) in [6.07, 6.45) is 3.02. The molecule has 2 rings (SSSR count). The molecule has 2 fully saturated rings. The van der Waals surface area contributed by atoms with E-state index in [0.717, 1.165) is 32.4 Å². The van der Waals surface area contributed by atoms with Crippen molar-refractivity contribution in [3.63, 3.8) is 0 Å². The van der Waals surface area contributed by atoms with Crippen LogP contribution in [0.15, 0.2) is 0 Å². The van der Waals surface area contributed by atoms with Crippen LogP contribution < -0.4 is 5.73 Å². The summed E-state index contributed by atoms with van der Waals surface area (Å²) in [7, 11) is -3.12. The van der Waals surface area contributed by atoms with Gasteiger partial charge in [-0.05, 0) is 37.8 Å². The first-order valence-corrected chi connectivity index (χ1v) is 9.26. The lowest BCUT2D eigenvalue weighted by Crippen LogP contribution is -2.46. The summed E-state index contributed by atoms with van der Waals surface area (Å²) >= 11 is 0. The van der Waals surface area contributed by atoms with Crippen LogP contribution in [0, 0.1) is 5.41 Å². The summed E-state index contributed by atoms with van der Waals surface area (Å²) in [5.41, 5.74) is 5.74. The average Bonchev–Trinajstić information content (AvgIpc) is 2.76. The number of nitrogens with two attached hydrogens (primary N) is 1.